The van der Waals surface area contributed by atoms with Crippen LogP contribution in [0.15, 0.2) is 40.9 Å². The van der Waals surface area contributed by atoms with Gasteiger partial charge in [0.25, 0.3) is 0 Å². The average molecular weight is 286 g/mol. The van der Waals surface area contributed by atoms with Gasteiger partial charge in [-0.3, -0.25) is 9.69 Å². The lowest BCUT2D eigenvalue weighted by molar-refractivity contribution is -0.146. The molecule has 1 aliphatic rings. The van der Waals surface area contributed by atoms with Crippen molar-refractivity contribution in [1.29, 1.82) is 0 Å². The molecule has 21 heavy (non-hydrogen) atoms. The summed E-state index contributed by atoms with van der Waals surface area (Å²) < 4.78 is 10.6. The van der Waals surface area contributed by atoms with Crippen molar-refractivity contribution in [3.05, 3.63) is 42.4 Å². The van der Waals surface area contributed by atoms with E-state index in [4.69, 9.17) is 9.15 Å². The van der Waals surface area contributed by atoms with E-state index < -0.39 is 0 Å². The predicted molar refractivity (Wildman–Crippen MR) is 77.4 cm³/mol. The Balaban J connectivity index is 1.71. The molecule has 3 rings (SSSR count). The van der Waals surface area contributed by atoms with Crippen LogP contribution in [0.2, 0.25) is 0 Å². The first-order valence-electron chi connectivity index (χ1n) is 7.10. The van der Waals surface area contributed by atoms with Crippen molar-refractivity contribution < 1.29 is 13.9 Å². The van der Waals surface area contributed by atoms with Crippen molar-refractivity contribution in [2.45, 2.75) is 25.4 Å². The second-order valence-electron chi connectivity index (χ2n) is 5.14. The van der Waals surface area contributed by atoms with E-state index in [-0.39, 0.29) is 12.0 Å². The van der Waals surface area contributed by atoms with E-state index >= 15 is 0 Å². The molecule has 0 amide bonds. The Morgan fingerprint density at radius 3 is 3.00 bits per heavy atom. The molecule has 0 radical (unpaired) electrons. The van der Waals surface area contributed by atoms with Crippen molar-refractivity contribution in [2.24, 2.45) is 0 Å². The Morgan fingerprint density at radius 1 is 1.43 bits per heavy atom. The number of benzene rings is 1. The van der Waals surface area contributed by atoms with E-state index in [1.807, 2.05) is 30.3 Å². The van der Waals surface area contributed by atoms with Crippen molar-refractivity contribution in [3.63, 3.8) is 0 Å². The minimum absolute atomic E-state index is 0.178. The molecular formula is C16H18N2O3. The fraction of sp³-hybridized carbons (Fsp3) is 0.375. The molecule has 0 N–H and O–H groups in total. The topological polar surface area (TPSA) is 55.6 Å². The lowest BCUT2D eigenvalue weighted by Crippen LogP contribution is -2.36. The molecule has 5 heteroatoms. The number of aromatic nitrogens is 1. The first kappa shape index (κ1) is 13.8. The predicted octanol–water partition coefficient (Wildman–Crippen LogP) is 2.48. The van der Waals surface area contributed by atoms with Crippen LogP contribution in [0.5, 0.6) is 0 Å². The number of carbonyl (C=O) groups excluding carboxylic acids is 1. The van der Waals surface area contributed by atoms with Gasteiger partial charge < -0.3 is 9.15 Å². The number of rotatable bonds is 4. The number of methoxy groups -OCH3 is 1. The molecule has 2 aromatic rings. The highest BCUT2D eigenvalue weighted by Crippen LogP contribution is 2.24. The Bertz CT molecular complexity index is 609. The van der Waals surface area contributed by atoms with Crippen LogP contribution in [-0.4, -0.2) is 35.5 Å². The van der Waals surface area contributed by atoms with Crippen LogP contribution in [-0.2, 0) is 16.1 Å². The smallest absolute Gasteiger partial charge is 0.323 e. The van der Waals surface area contributed by atoms with Gasteiger partial charge in [0, 0.05) is 5.56 Å². The Morgan fingerprint density at radius 2 is 2.24 bits per heavy atom. The Labute approximate surface area is 123 Å². The molecule has 1 atom stereocenters. The number of hydrogen-bond acceptors (Lipinski definition) is 5. The SMILES string of the molecule is COC(=O)C1CCCN1Cc1ncc(-c2ccccc2)o1. The van der Waals surface area contributed by atoms with Gasteiger partial charge in [0.1, 0.15) is 6.04 Å². The molecule has 5 nitrogen and oxygen atoms in total. The number of likely N-dealkylation sites (tertiary alicyclic amines) is 1. The van der Waals surface area contributed by atoms with E-state index in [0.717, 1.165) is 30.7 Å². The summed E-state index contributed by atoms with van der Waals surface area (Å²) in [6.07, 6.45) is 3.55. The molecule has 110 valence electrons. The zero-order valence-corrected chi connectivity index (χ0v) is 12.0. The number of ether oxygens (including phenoxy) is 1. The third-order valence-electron chi connectivity index (χ3n) is 3.79. The first-order valence-corrected chi connectivity index (χ1v) is 7.10. The largest absolute Gasteiger partial charge is 0.468 e. The van der Waals surface area contributed by atoms with Gasteiger partial charge in [0.2, 0.25) is 5.89 Å². The van der Waals surface area contributed by atoms with Crippen LogP contribution >= 0.6 is 0 Å². The second kappa shape index (κ2) is 6.10. The molecule has 0 bridgehead atoms. The summed E-state index contributed by atoms with van der Waals surface area (Å²) in [5.41, 5.74) is 1.00. The van der Waals surface area contributed by atoms with Gasteiger partial charge in [0.05, 0.1) is 19.9 Å². The van der Waals surface area contributed by atoms with Crippen LogP contribution in [0.3, 0.4) is 0 Å². The summed E-state index contributed by atoms with van der Waals surface area (Å²) in [4.78, 5) is 18.1. The highest BCUT2D eigenvalue weighted by molar-refractivity contribution is 5.75. The molecule has 0 saturated carbocycles. The van der Waals surface area contributed by atoms with E-state index in [0.29, 0.717) is 12.4 Å². The number of nitrogens with zero attached hydrogens (tertiary/aromatic N) is 2. The van der Waals surface area contributed by atoms with Gasteiger partial charge in [-0.2, -0.15) is 0 Å². The zero-order valence-electron chi connectivity index (χ0n) is 12.0. The third kappa shape index (κ3) is 2.97. The van der Waals surface area contributed by atoms with Gasteiger partial charge in [-0.15, -0.1) is 0 Å². The summed E-state index contributed by atoms with van der Waals surface area (Å²) in [5.74, 6) is 1.20. The molecule has 1 aliphatic heterocycles. The summed E-state index contributed by atoms with van der Waals surface area (Å²) in [7, 11) is 1.43. The normalized spacial score (nSPS) is 18.8. The number of hydrogen-bond donors (Lipinski definition) is 0. The molecule has 1 aromatic carbocycles. The molecule has 1 fully saturated rings. The van der Waals surface area contributed by atoms with Crippen LogP contribution in [0.1, 0.15) is 18.7 Å². The van der Waals surface area contributed by atoms with Crippen molar-refractivity contribution in [1.82, 2.24) is 9.88 Å². The van der Waals surface area contributed by atoms with Crippen LogP contribution in [0.25, 0.3) is 11.3 Å². The van der Waals surface area contributed by atoms with E-state index in [1.54, 1.807) is 6.20 Å². The lowest BCUT2D eigenvalue weighted by Gasteiger charge is -2.20. The van der Waals surface area contributed by atoms with E-state index in [2.05, 4.69) is 9.88 Å². The van der Waals surface area contributed by atoms with Crippen LogP contribution in [0.4, 0.5) is 0 Å². The van der Waals surface area contributed by atoms with Crippen LogP contribution in [0, 0.1) is 0 Å². The highest BCUT2D eigenvalue weighted by atomic mass is 16.5. The minimum atomic E-state index is -0.179. The van der Waals surface area contributed by atoms with Gasteiger partial charge >= 0.3 is 5.97 Å². The lowest BCUT2D eigenvalue weighted by atomic mass is 10.2. The van der Waals surface area contributed by atoms with Gasteiger partial charge in [-0.05, 0) is 19.4 Å². The van der Waals surface area contributed by atoms with Gasteiger partial charge in [0.15, 0.2) is 5.76 Å². The fourth-order valence-electron chi connectivity index (χ4n) is 2.71. The summed E-state index contributed by atoms with van der Waals surface area (Å²) >= 11 is 0. The van der Waals surface area contributed by atoms with E-state index in [9.17, 15) is 4.79 Å². The molecule has 1 saturated heterocycles. The van der Waals surface area contributed by atoms with Crippen LogP contribution < -0.4 is 0 Å². The molecule has 2 heterocycles. The molecule has 1 aromatic heterocycles. The molecule has 0 aliphatic carbocycles. The Kier molecular flexibility index (Phi) is 4.01. The average Bonchev–Trinajstić information content (AvgIpc) is 3.17. The monoisotopic (exact) mass is 286 g/mol. The number of esters is 1. The number of oxazole rings is 1. The van der Waals surface area contributed by atoms with Gasteiger partial charge in [-0.25, -0.2) is 4.98 Å². The molecule has 1 unspecified atom stereocenters. The minimum Gasteiger partial charge on any atom is -0.468 e. The highest BCUT2D eigenvalue weighted by Gasteiger charge is 2.32. The molecule has 0 spiro atoms. The summed E-state index contributed by atoms with van der Waals surface area (Å²) in [5, 5.41) is 0. The standard InChI is InChI=1S/C16H18N2O3/c1-20-16(19)13-8-5-9-18(13)11-15-17-10-14(21-15)12-6-3-2-4-7-12/h2-4,6-7,10,13H,5,8-9,11H2,1H3. The zero-order chi connectivity index (χ0) is 14.7. The number of carbonyl (C=O) groups is 1. The van der Waals surface area contributed by atoms with Crippen molar-refractivity contribution in [3.8, 4) is 11.3 Å². The third-order valence-corrected chi connectivity index (χ3v) is 3.79. The second-order valence-corrected chi connectivity index (χ2v) is 5.14. The maximum Gasteiger partial charge on any atom is 0.323 e. The quantitative estimate of drug-likeness (QED) is 0.808. The maximum absolute atomic E-state index is 11.7. The Hall–Kier alpha value is -2.14. The van der Waals surface area contributed by atoms with E-state index in [1.165, 1.54) is 7.11 Å². The fourth-order valence-corrected chi connectivity index (χ4v) is 2.71. The maximum atomic E-state index is 11.7. The summed E-state index contributed by atoms with van der Waals surface area (Å²) in [6.45, 7) is 1.40. The molecular weight excluding hydrogens is 268 g/mol. The first-order chi connectivity index (χ1) is 10.3. The van der Waals surface area contributed by atoms with Crippen molar-refractivity contribution in [2.75, 3.05) is 13.7 Å². The van der Waals surface area contributed by atoms with Gasteiger partial charge in [-0.1, -0.05) is 30.3 Å². The summed E-state index contributed by atoms with van der Waals surface area (Å²) in [6, 6.07) is 9.68. The van der Waals surface area contributed by atoms with Crippen molar-refractivity contribution >= 4 is 5.97 Å².